The van der Waals surface area contributed by atoms with Crippen molar-refractivity contribution in [2.45, 2.75) is 25.1 Å². The second-order valence-corrected chi connectivity index (χ2v) is 4.11. The first-order valence-corrected chi connectivity index (χ1v) is 5.47. The number of benzene rings is 1. The molecule has 0 radical (unpaired) electrons. The van der Waals surface area contributed by atoms with E-state index >= 15 is 0 Å². The number of alkyl halides is 3. The van der Waals surface area contributed by atoms with Crippen LogP contribution in [0.5, 0.6) is 0 Å². The first kappa shape index (κ1) is 14.1. The average molecular weight is 264 g/mol. The van der Waals surface area contributed by atoms with E-state index in [-0.39, 0.29) is 5.02 Å². The molecular formula is C12H13ClF3N. The van der Waals surface area contributed by atoms with Gasteiger partial charge >= 0.3 is 6.18 Å². The molecule has 1 atom stereocenters. The Balaban J connectivity index is 3.02. The van der Waals surface area contributed by atoms with E-state index in [1.165, 1.54) is 6.07 Å². The van der Waals surface area contributed by atoms with Crippen molar-refractivity contribution < 1.29 is 13.2 Å². The summed E-state index contributed by atoms with van der Waals surface area (Å²) in [5.41, 5.74) is 5.39. The van der Waals surface area contributed by atoms with Gasteiger partial charge in [0, 0.05) is 11.1 Å². The lowest BCUT2D eigenvalue weighted by molar-refractivity contribution is -0.137. The molecule has 94 valence electrons. The van der Waals surface area contributed by atoms with Crippen LogP contribution in [-0.4, -0.2) is 0 Å². The maximum Gasteiger partial charge on any atom is 0.416 e. The molecule has 0 saturated carbocycles. The van der Waals surface area contributed by atoms with E-state index in [1.807, 2.05) is 0 Å². The van der Waals surface area contributed by atoms with E-state index in [2.05, 4.69) is 6.58 Å². The van der Waals surface area contributed by atoms with Gasteiger partial charge < -0.3 is 5.73 Å². The Morgan fingerprint density at radius 2 is 2.06 bits per heavy atom. The van der Waals surface area contributed by atoms with E-state index in [4.69, 9.17) is 17.3 Å². The van der Waals surface area contributed by atoms with E-state index in [0.29, 0.717) is 18.4 Å². The highest BCUT2D eigenvalue weighted by molar-refractivity contribution is 6.31. The third-order valence-electron chi connectivity index (χ3n) is 2.40. The van der Waals surface area contributed by atoms with Gasteiger partial charge in [0.1, 0.15) is 0 Å². The molecule has 1 rings (SSSR count). The third-order valence-corrected chi connectivity index (χ3v) is 2.75. The molecule has 0 spiro atoms. The molecule has 0 aliphatic rings. The van der Waals surface area contributed by atoms with Crippen LogP contribution in [0.25, 0.3) is 0 Å². The van der Waals surface area contributed by atoms with Gasteiger partial charge in [0.2, 0.25) is 0 Å². The van der Waals surface area contributed by atoms with E-state index < -0.39 is 17.8 Å². The maximum atomic E-state index is 12.5. The monoisotopic (exact) mass is 263 g/mol. The van der Waals surface area contributed by atoms with Crippen LogP contribution in [-0.2, 0) is 6.18 Å². The summed E-state index contributed by atoms with van der Waals surface area (Å²) in [5.74, 6) is 0. The van der Waals surface area contributed by atoms with E-state index in [1.54, 1.807) is 6.08 Å². The van der Waals surface area contributed by atoms with Gasteiger partial charge in [-0.1, -0.05) is 17.7 Å². The molecular weight excluding hydrogens is 251 g/mol. The van der Waals surface area contributed by atoms with Gasteiger partial charge in [-0.2, -0.15) is 13.2 Å². The molecule has 1 aromatic carbocycles. The third kappa shape index (κ3) is 3.75. The van der Waals surface area contributed by atoms with Gasteiger partial charge in [0.05, 0.1) is 5.56 Å². The molecule has 2 N–H and O–H groups in total. The zero-order chi connectivity index (χ0) is 13.1. The molecule has 0 aliphatic heterocycles. The average Bonchev–Trinajstić information content (AvgIpc) is 2.24. The van der Waals surface area contributed by atoms with Crippen LogP contribution >= 0.6 is 11.6 Å². The molecule has 0 fully saturated rings. The molecule has 1 nitrogen and oxygen atoms in total. The Kier molecular flexibility index (Phi) is 4.60. The summed E-state index contributed by atoms with van der Waals surface area (Å²) < 4.78 is 37.5. The number of rotatable bonds is 4. The fourth-order valence-corrected chi connectivity index (χ4v) is 1.71. The minimum absolute atomic E-state index is 0.259. The fraction of sp³-hybridized carbons (Fsp3) is 0.333. The topological polar surface area (TPSA) is 26.0 Å². The molecule has 0 heterocycles. The minimum atomic E-state index is -4.38. The maximum absolute atomic E-state index is 12.5. The van der Waals surface area contributed by atoms with Crippen molar-refractivity contribution in [1.82, 2.24) is 0 Å². The second-order valence-electron chi connectivity index (χ2n) is 3.71. The van der Waals surface area contributed by atoms with Crippen molar-refractivity contribution >= 4 is 11.6 Å². The van der Waals surface area contributed by atoms with Gasteiger partial charge in [-0.15, -0.1) is 6.58 Å². The van der Waals surface area contributed by atoms with Crippen molar-refractivity contribution in [3.63, 3.8) is 0 Å². The Hall–Kier alpha value is -1.00. The lowest BCUT2D eigenvalue weighted by atomic mass is 10.0. The SMILES string of the molecule is C=CCC[C@H](N)c1cc(C(F)(F)F)ccc1Cl. The summed E-state index contributed by atoms with van der Waals surface area (Å²) in [5, 5.41) is 0.259. The van der Waals surface area contributed by atoms with Gasteiger partial charge in [-0.05, 0) is 36.6 Å². The lowest BCUT2D eigenvalue weighted by Gasteiger charge is -2.15. The minimum Gasteiger partial charge on any atom is -0.324 e. The smallest absolute Gasteiger partial charge is 0.324 e. The number of allylic oxidation sites excluding steroid dienone is 1. The van der Waals surface area contributed by atoms with Crippen molar-refractivity contribution in [2.24, 2.45) is 5.73 Å². The Labute approximate surface area is 103 Å². The van der Waals surface area contributed by atoms with Gasteiger partial charge in [0.15, 0.2) is 0 Å². The van der Waals surface area contributed by atoms with Crippen LogP contribution in [0.3, 0.4) is 0 Å². The summed E-state index contributed by atoms with van der Waals surface area (Å²) in [7, 11) is 0. The number of nitrogens with two attached hydrogens (primary N) is 1. The molecule has 0 amide bonds. The molecule has 0 saturated heterocycles. The number of hydrogen-bond acceptors (Lipinski definition) is 1. The first-order valence-electron chi connectivity index (χ1n) is 5.09. The Morgan fingerprint density at radius 1 is 1.41 bits per heavy atom. The summed E-state index contributed by atoms with van der Waals surface area (Å²) in [6, 6.07) is 2.68. The first-order chi connectivity index (χ1) is 7.86. The van der Waals surface area contributed by atoms with Gasteiger partial charge in [0.25, 0.3) is 0 Å². The van der Waals surface area contributed by atoms with Crippen LogP contribution in [0.15, 0.2) is 30.9 Å². The highest BCUT2D eigenvalue weighted by Gasteiger charge is 2.31. The molecule has 0 aromatic heterocycles. The Bertz CT molecular complexity index is 401. The predicted molar refractivity (Wildman–Crippen MR) is 62.8 cm³/mol. The highest BCUT2D eigenvalue weighted by Crippen LogP contribution is 2.34. The number of halogens is 4. The zero-order valence-corrected chi connectivity index (χ0v) is 9.85. The standard InChI is InChI=1S/C12H13ClF3N/c1-2-3-4-11(17)9-7-8(12(14,15)16)5-6-10(9)13/h2,5-7,11H,1,3-4,17H2/t11-/m0/s1. The quantitative estimate of drug-likeness (QED) is 0.804. The summed E-state index contributed by atoms with van der Waals surface area (Å²) in [6.07, 6.45) is -1.56. The van der Waals surface area contributed by atoms with Gasteiger partial charge in [-0.3, -0.25) is 0 Å². The van der Waals surface area contributed by atoms with E-state index in [0.717, 1.165) is 12.1 Å². The van der Waals surface area contributed by atoms with Crippen molar-refractivity contribution in [3.8, 4) is 0 Å². The summed E-state index contributed by atoms with van der Waals surface area (Å²) >= 11 is 5.85. The van der Waals surface area contributed by atoms with E-state index in [9.17, 15) is 13.2 Å². The van der Waals surface area contributed by atoms with Crippen LogP contribution in [0, 0.1) is 0 Å². The predicted octanol–water partition coefficient (Wildman–Crippen LogP) is 4.32. The highest BCUT2D eigenvalue weighted by atomic mass is 35.5. The zero-order valence-electron chi connectivity index (χ0n) is 9.10. The van der Waals surface area contributed by atoms with Crippen molar-refractivity contribution in [1.29, 1.82) is 0 Å². The molecule has 0 unspecified atom stereocenters. The summed E-state index contributed by atoms with van der Waals surface area (Å²) in [4.78, 5) is 0. The Morgan fingerprint density at radius 3 is 2.59 bits per heavy atom. The van der Waals surface area contributed by atoms with Crippen molar-refractivity contribution in [2.75, 3.05) is 0 Å². The largest absolute Gasteiger partial charge is 0.416 e. The van der Waals surface area contributed by atoms with Gasteiger partial charge in [-0.25, -0.2) is 0 Å². The van der Waals surface area contributed by atoms with Crippen LogP contribution < -0.4 is 5.73 Å². The lowest BCUT2D eigenvalue weighted by Crippen LogP contribution is -2.13. The molecule has 17 heavy (non-hydrogen) atoms. The normalized spacial score (nSPS) is 13.5. The van der Waals surface area contributed by atoms with Crippen LogP contribution in [0.2, 0.25) is 5.02 Å². The molecule has 0 bridgehead atoms. The molecule has 1 aromatic rings. The second kappa shape index (κ2) is 5.56. The fourth-order valence-electron chi connectivity index (χ4n) is 1.46. The van der Waals surface area contributed by atoms with Crippen LogP contribution in [0.1, 0.15) is 30.0 Å². The molecule has 0 aliphatic carbocycles. The molecule has 5 heteroatoms. The summed E-state index contributed by atoms with van der Waals surface area (Å²) in [6.45, 7) is 3.54. The van der Waals surface area contributed by atoms with Crippen LogP contribution in [0.4, 0.5) is 13.2 Å². The van der Waals surface area contributed by atoms with Crippen molar-refractivity contribution in [3.05, 3.63) is 47.0 Å². The number of hydrogen-bond donors (Lipinski definition) is 1.